The van der Waals surface area contributed by atoms with Gasteiger partial charge < -0.3 is 9.32 Å². The summed E-state index contributed by atoms with van der Waals surface area (Å²) in [6.07, 6.45) is 0.178. The molecule has 1 aliphatic rings. The molecule has 0 bridgehead atoms. The van der Waals surface area contributed by atoms with Gasteiger partial charge in [0.05, 0.1) is 16.5 Å². The molecule has 1 fully saturated rings. The van der Waals surface area contributed by atoms with E-state index in [0.29, 0.717) is 17.3 Å². The molecule has 9 heteroatoms. The van der Waals surface area contributed by atoms with E-state index in [1.165, 1.54) is 17.0 Å². The van der Waals surface area contributed by atoms with Gasteiger partial charge in [0.15, 0.2) is 0 Å². The number of nitrogens with one attached hydrogen (secondary N) is 1. The average molecular weight is 401 g/mol. The largest absolute Gasteiger partial charge is 0.407 e. The highest BCUT2D eigenvalue weighted by atomic mass is 35.5. The number of anilines is 2. The van der Waals surface area contributed by atoms with E-state index in [0.717, 1.165) is 0 Å². The normalized spacial score (nSPS) is 16.4. The quantitative estimate of drug-likeness (QED) is 0.722. The minimum absolute atomic E-state index is 0.0763. The lowest BCUT2D eigenvalue weighted by atomic mass is 10.1. The van der Waals surface area contributed by atoms with Gasteiger partial charge in [-0.3, -0.25) is 14.9 Å². The standard InChI is InChI=1S/C19H14ClFN4O3/c20-15-4-2-1-3-14(15)17(27)22-19-24-23-18(28-19)11-9-16(26)25(10-11)13-7-5-12(21)6-8-13/h1-8,11H,9-10H2,(H,22,24,27)/t11-/m1/s1. The second-order valence-electron chi connectivity index (χ2n) is 6.26. The van der Waals surface area contributed by atoms with Gasteiger partial charge in [-0.15, -0.1) is 5.10 Å². The predicted molar refractivity (Wildman–Crippen MR) is 99.8 cm³/mol. The van der Waals surface area contributed by atoms with Crippen LogP contribution in [0.1, 0.15) is 28.6 Å². The molecule has 3 aromatic rings. The lowest BCUT2D eigenvalue weighted by Crippen LogP contribution is -2.24. The molecule has 142 valence electrons. The molecule has 4 rings (SSSR count). The fourth-order valence-electron chi connectivity index (χ4n) is 3.00. The topological polar surface area (TPSA) is 88.3 Å². The van der Waals surface area contributed by atoms with Crippen LogP contribution < -0.4 is 10.2 Å². The van der Waals surface area contributed by atoms with Gasteiger partial charge in [-0.1, -0.05) is 28.8 Å². The highest BCUT2D eigenvalue weighted by molar-refractivity contribution is 6.34. The van der Waals surface area contributed by atoms with Crippen molar-refractivity contribution >= 4 is 35.1 Å². The number of rotatable bonds is 4. The first kappa shape index (κ1) is 18.1. The van der Waals surface area contributed by atoms with Gasteiger partial charge in [-0.25, -0.2) is 4.39 Å². The summed E-state index contributed by atoms with van der Waals surface area (Å²) in [6.45, 7) is 0.324. The maximum Gasteiger partial charge on any atom is 0.322 e. The van der Waals surface area contributed by atoms with E-state index in [9.17, 15) is 14.0 Å². The van der Waals surface area contributed by atoms with Gasteiger partial charge in [-0.2, -0.15) is 0 Å². The summed E-state index contributed by atoms with van der Waals surface area (Å²) in [7, 11) is 0. The van der Waals surface area contributed by atoms with Crippen molar-refractivity contribution in [3.63, 3.8) is 0 Å². The second-order valence-corrected chi connectivity index (χ2v) is 6.67. The molecule has 1 aromatic heterocycles. The van der Waals surface area contributed by atoms with Crippen molar-refractivity contribution in [1.29, 1.82) is 0 Å². The molecule has 0 unspecified atom stereocenters. The number of carbonyl (C=O) groups is 2. The third-order valence-electron chi connectivity index (χ3n) is 4.39. The van der Waals surface area contributed by atoms with Gasteiger partial charge >= 0.3 is 6.01 Å². The first-order valence-corrected chi connectivity index (χ1v) is 8.84. The summed E-state index contributed by atoms with van der Waals surface area (Å²) in [5.41, 5.74) is 0.878. The highest BCUT2D eigenvalue weighted by Crippen LogP contribution is 2.31. The lowest BCUT2D eigenvalue weighted by Gasteiger charge is -2.15. The van der Waals surface area contributed by atoms with E-state index in [2.05, 4.69) is 15.5 Å². The van der Waals surface area contributed by atoms with Crippen LogP contribution in [0.3, 0.4) is 0 Å². The average Bonchev–Trinajstić information content (AvgIpc) is 3.29. The molecule has 1 saturated heterocycles. The Bertz CT molecular complexity index is 1040. The van der Waals surface area contributed by atoms with E-state index in [4.69, 9.17) is 16.0 Å². The molecule has 2 amide bonds. The Kier molecular flexibility index (Phi) is 4.79. The molecule has 1 aliphatic heterocycles. The van der Waals surface area contributed by atoms with E-state index in [-0.39, 0.29) is 41.5 Å². The van der Waals surface area contributed by atoms with Crippen LogP contribution in [0.15, 0.2) is 52.9 Å². The summed E-state index contributed by atoms with van der Waals surface area (Å²) < 4.78 is 18.6. The molecule has 2 aromatic carbocycles. The fraction of sp³-hybridized carbons (Fsp3) is 0.158. The van der Waals surface area contributed by atoms with Gasteiger partial charge in [0.2, 0.25) is 11.8 Å². The van der Waals surface area contributed by atoms with Crippen LogP contribution in [-0.2, 0) is 4.79 Å². The minimum Gasteiger partial charge on any atom is -0.407 e. The zero-order valence-electron chi connectivity index (χ0n) is 14.4. The molecule has 1 N–H and O–H groups in total. The van der Waals surface area contributed by atoms with Crippen LogP contribution in [0.25, 0.3) is 0 Å². The van der Waals surface area contributed by atoms with Crippen molar-refractivity contribution in [2.45, 2.75) is 12.3 Å². The van der Waals surface area contributed by atoms with Gasteiger partial charge in [-0.05, 0) is 36.4 Å². The van der Waals surface area contributed by atoms with Crippen LogP contribution in [0.5, 0.6) is 0 Å². The zero-order chi connectivity index (χ0) is 19.7. The van der Waals surface area contributed by atoms with Gasteiger partial charge in [0, 0.05) is 18.7 Å². The Balaban J connectivity index is 1.46. The van der Waals surface area contributed by atoms with Crippen LogP contribution in [0, 0.1) is 5.82 Å². The van der Waals surface area contributed by atoms with Crippen molar-refractivity contribution in [2.24, 2.45) is 0 Å². The second kappa shape index (κ2) is 7.40. The molecular formula is C19H14ClFN4O3. The SMILES string of the molecule is O=C(Nc1nnc([C@@H]2CC(=O)N(c3ccc(F)cc3)C2)o1)c1ccccc1Cl. The third-order valence-corrected chi connectivity index (χ3v) is 4.72. The summed E-state index contributed by atoms with van der Waals surface area (Å²) in [5.74, 6) is -1.06. The number of carbonyl (C=O) groups excluding carboxylic acids is 2. The summed E-state index contributed by atoms with van der Waals surface area (Å²) in [5, 5.41) is 10.6. The molecule has 28 heavy (non-hydrogen) atoms. The van der Waals surface area contributed by atoms with E-state index in [1.807, 2.05) is 0 Å². The van der Waals surface area contributed by atoms with Crippen molar-refractivity contribution < 1.29 is 18.4 Å². The summed E-state index contributed by atoms with van der Waals surface area (Å²) >= 11 is 6.00. The van der Waals surface area contributed by atoms with Crippen LogP contribution >= 0.6 is 11.6 Å². The van der Waals surface area contributed by atoms with Crippen LogP contribution in [-0.4, -0.2) is 28.6 Å². The van der Waals surface area contributed by atoms with E-state index >= 15 is 0 Å². The van der Waals surface area contributed by atoms with E-state index < -0.39 is 5.91 Å². The molecular weight excluding hydrogens is 387 g/mol. The molecule has 7 nitrogen and oxygen atoms in total. The summed E-state index contributed by atoms with van der Waals surface area (Å²) in [6, 6.07) is 12.2. The number of aromatic nitrogens is 2. The number of hydrogen-bond acceptors (Lipinski definition) is 5. The number of halogens is 2. The Labute approximate surface area is 164 Å². The van der Waals surface area contributed by atoms with Gasteiger partial charge in [0.25, 0.3) is 5.91 Å². The molecule has 2 heterocycles. The third kappa shape index (κ3) is 3.59. The van der Waals surface area contributed by atoms with Gasteiger partial charge in [0.1, 0.15) is 5.82 Å². The van der Waals surface area contributed by atoms with Crippen molar-refractivity contribution in [3.8, 4) is 0 Å². The number of nitrogens with zero attached hydrogens (tertiary/aromatic N) is 3. The Hall–Kier alpha value is -3.26. The monoisotopic (exact) mass is 400 g/mol. The fourth-order valence-corrected chi connectivity index (χ4v) is 3.23. The zero-order valence-corrected chi connectivity index (χ0v) is 15.2. The first-order chi connectivity index (χ1) is 13.5. The highest BCUT2D eigenvalue weighted by Gasteiger charge is 2.35. The molecule has 0 saturated carbocycles. The maximum absolute atomic E-state index is 13.1. The molecule has 0 aliphatic carbocycles. The number of benzene rings is 2. The van der Waals surface area contributed by atoms with Crippen LogP contribution in [0.2, 0.25) is 5.02 Å². The minimum atomic E-state index is -0.476. The van der Waals surface area contributed by atoms with Crippen molar-refractivity contribution in [1.82, 2.24) is 10.2 Å². The Morgan fingerprint density at radius 2 is 1.93 bits per heavy atom. The van der Waals surface area contributed by atoms with E-state index in [1.54, 1.807) is 36.4 Å². The number of amides is 2. The smallest absolute Gasteiger partial charge is 0.322 e. The Morgan fingerprint density at radius 3 is 2.68 bits per heavy atom. The molecule has 0 spiro atoms. The maximum atomic E-state index is 13.1. The number of hydrogen-bond donors (Lipinski definition) is 1. The van der Waals surface area contributed by atoms with Crippen molar-refractivity contribution in [3.05, 3.63) is 70.8 Å². The van der Waals surface area contributed by atoms with Crippen LogP contribution in [0.4, 0.5) is 16.1 Å². The molecule has 1 atom stereocenters. The van der Waals surface area contributed by atoms with Crippen molar-refractivity contribution in [2.75, 3.05) is 16.8 Å². The predicted octanol–water partition coefficient (Wildman–Crippen LogP) is 3.63. The Morgan fingerprint density at radius 1 is 1.18 bits per heavy atom. The first-order valence-electron chi connectivity index (χ1n) is 8.46. The summed E-state index contributed by atoms with van der Waals surface area (Å²) in [4.78, 5) is 26.1. The lowest BCUT2D eigenvalue weighted by molar-refractivity contribution is -0.117. The molecule has 0 radical (unpaired) electrons.